The molecule has 0 spiro atoms. The van der Waals surface area contributed by atoms with Crippen LogP contribution in [-0.2, 0) is 4.74 Å². The van der Waals surface area contributed by atoms with E-state index in [0.29, 0.717) is 19.1 Å². The third kappa shape index (κ3) is 17.2. The lowest BCUT2D eigenvalue weighted by Gasteiger charge is -2.15. The molecule has 0 radical (unpaired) electrons. The summed E-state index contributed by atoms with van der Waals surface area (Å²) in [6.45, 7) is 3.22. The molecule has 0 aliphatic carbocycles. The summed E-state index contributed by atoms with van der Waals surface area (Å²) in [6, 6.07) is 6.93. The Hall–Kier alpha value is -2.00. The number of nitriles is 1. The summed E-state index contributed by atoms with van der Waals surface area (Å²) in [7, 11) is 0. The second-order valence-electron chi connectivity index (χ2n) is 8.90. The third-order valence-electron chi connectivity index (χ3n) is 5.85. The maximum absolute atomic E-state index is 10.7. The van der Waals surface area contributed by atoms with Gasteiger partial charge in [0.25, 0.3) is 0 Å². The molecule has 0 fully saturated rings. The number of rotatable bonds is 23. The molecule has 33 heavy (non-hydrogen) atoms. The standard InChI is InChI=1S/C27H45N3O3/c1-2-3-4-5-6-7-8-9-10-11-12-13-14-15-16-17-21-32-24-26(23-29-31)33-27-20-18-19-25(22-28)30-27/h18-20,26H,2-17,21,23-24H2,1H3. The molecular formula is C27H45N3O3. The first kappa shape index (κ1) is 29.0. The molecule has 0 bridgehead atoms. The number of pyridine rings is 1. The van der Waals surface area contributed by atoms with Crippen molar-refractivity contribution < 1.29 is 9.47 Å². The van der Waals surface area contributed by atoms with Crippen LogP contribution in [0.5, 0.6) is 5.88 Å². The van der Waals surface area contributed by atoms with Crippen LogP contribution in [-0.4, -0.2) is 30.8 Å². The van der Waals surface area contributed by atoms with E-state index in [1.165, 1.54) is 96.3 Å². The topological polar surface area (TPSA) is 84.6 Å². The second-order valence-corrected chi connectivity index (χ2v) is 8.90. The average Bonchev–Trinajstić information content (AvgIpc) is 2.83. The van der Waals surface area contributed by atoms with Gasteiger partial charge < -0.3 is 9.47 Å². The van der Waals surface area contributed by atoms with E-state index in [-0.39, 0.29) is 12.2 Å². The van der Waals surface area contributed by atoms with Crippen LogP contribution < -0.4 is 4.74 Å². The molecule has 0 saturated carbocycles. The fourth-order valence-corrected chi connectivity index (χ4v) is 3.89. The molecule has 6 nitrogen and oxygen atoms in total. The van der Waals surface area contributed by atoms with Crippen LogP contribution in [0.15, 0.2) is 23.4 Å². The van der Waals surface area contributed by atoms with Gasteiger partial charge in [0.15, 0.2) is 0 Å². The number of aromatic nitrogens is 1. The largest absolute Gasteiger partial charge is 0.470 e. The molecule has 0 aliphatic heterocycles. The molecule has 0 aromatic carbocycles. The molecule has 1 aromatic heterocycles. The summed E-state index contributed by atoms with van der Waals surface area (Å²) in [5, 5.41) is 11.8. The van der Waals surface area contributed by atoms with Gasteiger partial charge in [-0.3, -0.25) is 0 Å². The van der Waals surface area contributed by atoms with Crippen molar-refractivity contribution in [1.29, 1.82) is 5.26 Å². The monoisotopic (exact) mass is 459 g/mol. The molecule has 0 N–H and O–H groups in total. The average molecular weight is 460 g/mol. The first-order chi connectivity index (χ1) is 16.3. The number of nitroso groups, excluding NO2 is 1. The molecular weight excluding hydrogens is 414 g/mol. The zero-order valence-corrected chi connectivity index (χ0v) is 20.8. The smallest absolute Gasteiger partial charge is 0.214 e. The Bertz CT molecular complexity index is 633. The van der Waals surface area contributed by atoms with Gasteiger partial charge in [-0.05, 0) is 12.5 Å². The number of hydrogen-bond donors (Lipinski definition) is 0. The summed E-state index contributed by atoms with van der Waals surface area (Å²) in [5.41, 5.74) is 0.277. The number of unbranched alkanes of at least 4 members (excludes halogenated alkanes) is 15. The molecule has 1 aromatic rings. The predicted molar refractivity (Wildman–Crippen MR) is 134 cm³/mol. The van der Waals surface area contributed by atoms with Gasteiger partial charge in [-0.2, -0.15) is 10.2 Å². The van der Waals surface area contributed by atoms with Crippen LogP contribution >= 0.6 is 0 Å². The third-order valence-corrected chi connectivity index (χ3v) is 5.85. The van der Waals surface area contributed by atoms with Gasteiger partial charge in [0.2, 0.25) is 5.88 Å². The SMILES string of the molecule is CCCCCCCCCCCCCCCCCCOCC(CN=O)Oc1cccc(C#N)n1. The van der Waals surface area contributed by atoms with Crippen LogP contribution in [0, 0.1) is 16.2 Å². The maximum Gasteiger partial charge on any atom is 0.214 e. The highest BCUT2D eigenvalue weighted by molar-refractivity contribution is 5.24. The first-order valence-electron chi connectivity index (χ1n) is 13.2. The van der Waals surface area contributed by atoms with E-state index in [9.17, 15) is 4.91 Å². The fraction of sp³-hybridized carbons (Fsp3) is 0.778. The van der Waals surface area contributed by atoms with Crippen molar-refractivity contribution in [2.24, 2.45) is 5.18 Å². The summed E-state index contributed by atoms with van der Waals surface area (Å²) in [5.74, 6) is 0.314. The van der Waals surface area contributed by atoms with Gasteiger partial charge in [0.1, 0.15) is 24.4 Å². The summed E-state index contributed by atoms with van der Waals surface area (Å²) in [6.07, 6.45) is 21.0. The molecule has 6 heteroatoms. The van der Waals surface area contributed by atoms with E-state index in [1.807, 2.05) is 6.07 Å². The van der Waals surface area contributed by atoms with Crippen molar-refractivity contribution >= 4 is 0 Å². The quantitative estimate of drug-likeness (QED) is 0.123. The lowest BCUT2D eigenvalue weighted by molar-refractivity contribution is 0.0500. The van der Waals surface area contributed by atoms with Gasteiger partial charge in [0.05, 0.1) is 6.61 Å². The van der Waals surface area contributed by atoms with Gasteiger partial charge in [-0.1, -0.05) is 114 Å². The minimum absolute atomic E-state index is 0.00256. The Labute approximate surface area is 201 Å². The molecule has 1 rings (SSSR count). The molecule has 0 amide bonds. The van der Waals surface area contributed by atoms with Gasteiger partial charge in [-0.15, -0.1) is 0 Å². The Morgan fingerprint density at radius 3 is 1.94 bits per heavy atom. The summed E-state index contributed by atoms with van der Waals surface area (Å²) >= 11 is 0. The van der Waals surface area contributed by atoms with E-state index in [1.54, 1.807) is 18.2 Å². The van der Waals surface area contributed by atoms with Crippen LogP contribution in [0.1, 0.15) is 115 Å². The van der Waals surface area contributed by atoms with E-state index < -0.39 is 6.10 Å². The molecule has 0 aliphatic rings. The number of hydrogen-bond acceptors (Lipinski definition) is 6. The molecule has 0 saturated heterocycles. The second kappa shape index (κ2) is 21.8. The van der Waals surface area contributed by atoms with E-state index >= 15 is 0 Å². The minimum Gasteiger partial charge on any atom is -0.470 e. The highest BCUT2D eigenvalue weighted by Gasteiger charge is 2.12. The Morgan fingerprint density at radius 2 is 1.42 bits per heavy atom. The Balaban J connectivity index is 1.91. The highest BCUT2D eigenvalue weighted by atomic mass is 16.5. The molecule has 1 unspecified atom stereocenters. The van der Waals surface area contributed by atoms with E-state index in [4.69, 9.17) is 14.7 Å². The zero-order chi connectivity index (χ0) is 23.8. The van der Waals surface area contributed by atoms with E-state index in [0.717, 1.165) is 6.42 Å². The van der Waals surface area contributed by atoms with Gasteiger partial charge in [0, 0.05) is 12.7 Å². The minimum atomic E-state index is -0.481. The van der Waals surface area contributed by atoms with Crippen LogP contribution in [0.4, 0.5) is 0 Å². The number of ether oxygens (including phenoxy) is 2. The molecule has 1 atom stereocenters. The maximum atomic E-state index is 10.7. The summed E-state index contributed by atoms with van der Waals surface area (Å²) < 4.78 is 11.3. The van der Waals surface area contributed by atoms with Gasteiger partial charge >= 0.3 is 0 Å². The molecule has 1 heterocycles. The van der Waals surface area contributed by atoms with Crippen LogP contribution in [0.25, 0.3) is 0 Å². The van der Waals surface area contributed by atoms with Crippen molar-refractivity contribution in [3.05, 3.63) is 28.8 Å². The van der Waals surface area contributed by atoms with Crippen molar-refractivity contribution in [2.75, 3.05) is 19.8 Å². The molecule has 186 valence electrons. The van der Waals surface area contributed by atoms with Gasteiger partial charge in [-0.25, -0.2) is 4.98 Å². The van der Waals surface area contributed by atoms with Crippen LogP contribution in [0.2, 0.25) is 0 Å². The predicted octanol–water partition coefficient (Wildman–Crippen LogP) is 7.75. The lowest BCUT2D eigenvalue weighted by Crippen LogP contribution is -2.27. The normalized spacial score (nSPS) is 11.8. The van der Waals surface area contributed by atoms with Crippen molar-refractivity contribution in [2.45, 2.75) is 116 Å². The van der Waals surface area contributed by atoms with Crippen molar-refractivity contribution in [3.8, 4) is 11.9 Å². The van der Waals surface area contributed by atoms with Crippen molar-refractivity contribution in [3.63, 3.8) is 0 Å². The first-order valence-corrected chi connectivity index (χ1v) is 13.2. The lowest BCUT2D eigenvalue weighted by atomic mass is 10.0. The summed E-state index contributed by atoms with van der Waals surface area (Å²) in [4.78, 5) is 14.7. The highest BCUT2D eigenvalue weighted by Crippen LogP contribution is 2.14. The van der Waals surface area contributed by atoms with Crippen LogP contribution in [0.3, 0.4) is 0 Å². The zero-order valence-electron chi connectivity index (χ0n) is 20.8. The fourth-order valence-electron chi connectivity index (χ4n) is 3.89. The van der Waals surface area contributed by atoms with E-state index in [2.05, 4.69) is 17.1 Å². The number of nitrogens with zero attached hydrogens (tertiary/aromatic N) is 3. The Morgan fingerprint density at radius 1 is 0.879 bits per heavy atom. The van der Waals surface area contributed by atoms with Crippen molar-refractivity contribution in [1.82, 2.24) is 4.98 Å². The Kier molecular flexibility index (Phi) is 19.2.